The number of nitriles is 1. The normalized spacial score (nSPS) is 14.8. The second kappa shape index (κ2) is 7.00. The van der Waals surface area contributed by atoms with Gasteiger partial charge in [-0.25, -0.2) is 9.97 Å². The van der Waals surface area contributed by atoms with Gasteiger partial charge in [-0.1, -0.05) is 6.07 Å². The van der Waals surface area contributed by atoms with E-state index in [0.717, 1.165) is 12.1 Å². The lowest BCUT2D eigenvalue weighted by molar-refractivity contribution is -0.137. The maximum atomic E-state index is 12.8. The molecular weight excluding hydrogens is 347 g/mol. The van der Waals surface area contributed by atoms with Crippen LogP contribution in [0.1, 0.15) is 21.6 Å². The smallest absolute Gasteiger partial charge is 0.351 e. The molecule has 1 amide bonds. The number of carbonyl (C=O) groups excluding carboxylic acids is 1. The first-order chi connectivity index (χ1) is 12.4. The summed E-state index contributed by atoms with van der Waals surface area (Å²) in [4.78, 5) is 23.9. The lowest BCUT2D eigenvalue weighted by Gasteiger charge is -2.35. The van der Waals surface area contributed by atoms with E-state index in [1.807, 2.05) is 11.0 Å². The van der Waals surface area contributed by atoms with Crippen LogP contribution in [-0.4, -0.2) is 47.0 Å². The van der Waals surface area contributed by atoms with E-state index >= 15 is 0 Å². The number of aromatic nitrogens is 2. The molecule has 1 aromatic carbocycles. The van der Waals surface area contributed by atoms with Crippen LogP contribution in [0.4, 0.5) is 19.0 Å². The lowest BCUT2D eigenvalue weighted by Crippen LogP contribution is -2.49. The Bertz CT molecular complexity index is 854. The first kappa shape index (κ1) is 17.7. The molecule has 0 bridgehead atoms. The van der Waals surface area contributed by atoms with Crippen LogP contribution >= 0.6 is 0 Å². The molecule has 1 fully saturated rings. The number of benzene rings is 1. The second-order valence-electron chi connectivity index (χ2n) is 5.70. The number of rotatable bonds is 2. The molecule has 1 saturated heterocycles. The van der Waals surface area contributed by atoms with Crippen LogP contribution < -0.4 is 4.90 Å². The molecule has 1 aliphatic heterocycles. The van der Waals surface area contributed by atoms with Gasteiger partial charge in [0, 0.05) is 44.1 Å². The molecule has 3 rings (SSSR count). The van der Waals surface area contributed by atoms with E-state index in [2.05, 4.69) is 9.97 Å². The van der Waals surface area contributed by atoms with Gasteiger partial charge in [0.25, 0.3) is 5.91 Å². The topological polar surface area (TPSA) is 73.1 Å². The number of hydrogen-bond donors (Lipinski definition) is 0. The minimum Gasteiger partial charge on any atom is -0.351 e. The van der Waals surface area contributed by atoms with Gasteiger partial charge in [0.05, 0.1) is 5.56 Å². The van der Waals surface area contributed by atoms with Crippen molar-refractivity contribution in [1.29, 1.82) is 5.26 Å². The highest BCUT2D eigenvalue weighted by Gasteiger charge is 2.32. The van der Waals surface area contributed by atoms with Gasteiger partial charge >= 0.3 is 6.18 Å². The molecular formula is C17H14F3N5O. The standard InChI is InChI=1S/C17H14F3N5O/c18-17(19,20)13-3-1-2-12(10-13)16(26)25-8-6-24(7-9-25)15-14(11-21)22-4-5-23-15/h1-5,10H,6-9H2. The number of halogens is 3. The Kier molecular flexibility index (Phi) is 4.75. The van der Waals surface area contributed by atoms with Crippen LogP contribution in [0.2, 0.25) is 0 Å². The van der Waals surface area contributed by atoms with Crippen molar-refractivity contribution >= 4 is 11.7 Å². The van der Waals surface area contributed by atoms with E-state index in [4.69, 9.17) is 5.26 Å². The molecule has 0 atom stereocenters. The van der Waals surface area contributed by atoms with Crippen molar-refractivity contribution in [3.05, 3.63) is 53.5 Å². The van der Waals surface area contributed by atoms with Crippen molar-refractivity contribution in [2.24, 2.45) is 0 Å². The molecule has 0 saturated carbocycles. The SMILES string of the molecule is N#Cc1nccnc1N1CCN(C(=O)c2cccc(C(F)(F)F)c2)CC1. The molecule has 6 nitrogen and oxygen atoms in total. The summed E-state index contributed by atoms with van der Waals surface area (Å²) in [7, 11) is 0. The molecule has 2 heterocycles. The summed E-state index contributed by atoms with van der Waals surface area (Å²) < 4.78 is 38.4. The number of piperazine rings is 1. The zero-order valence-electron chi connectivity index (χ0n) is 13.6. The first-order valence-corrected chi connectivity index (χ1v) is 7.83. The summed E-state index contributed by atoms with van der Waals surface area (Å²) in [6.45, 7) is 1.46. The molecule has 2 aromatic rings. The maximum Gasteiger partial charge on any atom is 0.416 e. The highest BCUT2D eigenvalue weighted by molar-refractivity contribution is 5.94. The first-order valence-electron chi connectivity index (χ1n) is 7.83. The Balaban J connectivity index is 1.70. The molecule has 134 valence electrons. The third-order valence-corrected chi connectivity index (χ3v) is 4.09. The molecule has 0 N–H and O–H groups in total. The average Bonchev–Trinajstić information content (AvgIpc) is 2.67. The van der Waals surface area contributed by atoms with Crippen LogP contribution in [0, 0.1) is 11.3 Å². The number of anilines is 1. The van der Waals surface area contributed by atoms with E-state index in [0.29, 0.717) is 32.0 Å². The molecule has 1 aromatic heterocycles. The number of alkyl halides is 3. The van der Waals surface area contributed by atoms with E-state index in [1.165, 1.54) is 29.4 Å². The van der Waals surface area contributed by atoms with Gasteiger partial charge in [-0.2, -0.15) is 18.4 Å². The Hall–Kier alpha value is -3.15. The Morgan fingerprint density at radius 1 is 1.12 bits per heavy atom. The van der Waals surface area contributed by atoms with Crippen LogP contribution in [0.5, 0.6) is 0 Å². The number of hydrogen-bond acceptors (Lipinski definition) is 5. The minimum absolute atomic E-state index is 0.00508. The number of amides is 1. The van der Waals surface area contributed by atoms with Crippen molar-refractivity contribution in [2.75, 3.05) is 31.1 Å². The zero-order chi connectivity index (χ0) is 18.7. The van der Waals surface area contributed by atoms with Crippen LogP contribution in [-0.2, 0) is 6.18 Å². The largest absolute Gasteiger partial charge is 0.416 e. The van der Waals surface area contributed by atoms with Crippen LogP contribution in [0.3, 0.4) is 0 Å². The molecule has 26 heavy (non-hydrogen) atoms. The van der Waals surface area contributed by atoms with Gasteiger partial charge in [0.2, 0.25) is 0 Å². The predicted molar refractivity (Wildman–Crippen MR) is 86.3 cm³/mol. The fraction of sp³-hybridized carbons (Fsp3) is 0.294. The Morgan fingerprint density at radius 3 is 2.46 bits per heavy atom. The van der Waals surface area contributed by atoms with E-state index in [1.54, 1.807) is 0 Å². The van der Waals surface area contributed by atoms with E-state index < -0.39 is 17.6 Å². The summed E-state index contributed by atoms with van der Waals surface area (Å²) in [5.74, 6) is -0.00318. The third-order valence-electron chi connectivity index (χ3n) is 4.09. The summed E-state index contributed by atoms with van der Waals surface area (Å²) >= 11 is 0. The Morgan fingerprint density at radius 2 is 1.81 bits per heavy atom. The monoisotopic (exact) mass is 361 g/mol. The number of carbonyl (C=O) groups is 1. The molecule has 0 aliphatic carbocycles. The summed E-state index contributed by atoms with van der Waals surface area (Å²) in [5, 5.41) is 9.09. The third kappa shape index (κ3) is 3.59. The van der Waals surface area contributed by atoms with Gasteiger partial charge in [0.15, 0.2) is 11.5 Å². The fourth-order valence-corrected chi connectivity index (χ4v) is 2.77. The molecule has 0 radical (unpaired) electrons. The summed E-state index contributed by atoms with van der Waals surface area (Å²) in [6, 6.07) is 6.38. The molecule has 0 spiro atoms. The van der Waals surface area contributed by atoms with Crippen molar-refractivity contribution < 1.29 is 18.0 Å². The second-order valence-corrected chi connectivity index (χ2v) is 5.70. The summed E-state index contributed by atoms with van der Waals surface area (Å²) in [5.41, 5.74) is -0.643. The minimum atomic E-state index is -4.49. The van der Waals surface area contributed by atoms with Gasteiger partial charge < -0.3 is 9.80 Å². The van der Waals surface area contributed by atoms with Crippen molar-refractivity contribution in [1.82, 2.24) is 14.9 Å². The average molecular weight is 361 g/mol. The molecule has 0 unspecified atom stereocenters. The highest BCUT2D eigenvalue weighted by Crippen LogP contribution is 2.30. The molecule has 9 heteroatoms. The lowest BCUT2D eigenvalue weighted by atomic mass is 10.1. The van der Waals surface area contributed by atoms with Gasteiger partial charge in [-0.3, -0.25) is 4.79 Å². The van der Waals surface area contributed by atoms with Crippen molar-refractivity contribution in [2.45, 2.75) is 6.18 Å². The predicted octanol–water partition coefficient (Wildman–Crippen LogP) is 2.33. The zero-order valence-corrected chi connectivity index (χ0v) is 13.6. The van der Waals surface area contributed by atoms with E-state index in [-0.39, 0.29) is 11.3 Å². The van der Waals surface area contributed by atoms with Gasteiger partial charge in [0.1, 0.15) is 6.07 Å². The van der Waals surface area contributed by atoms with Crippen molar-refractivity contribution in [3.63, 3.8) is 0 Å². The van der Waals surface area contributed by atoms with Crippen LogP contribution in [0.15, 0.2) is 36.7 Å². The van der Waals surface area contributed by atoms with Gasteiger partial charge in [-0.05, 0) is 18.2 Å². The van der Waals surface area contributed by atoms with Crippen molar-refractivity contribution in [3.8, 4) is 6.07 Å². The van der Waals surface area contributed by atoms with Gasteiger partial charge in [-0.15, -0.1) is 0 Å². The highest BCUT2D eigenvalue weighted by atomic mass is 19.4. The number of nitrogens with zero attached hydrogens (tertiary/aromatic N) is 5. The van der Waals surface area contributed by atoms with Crippen LogP contribution in [0.25, 0.3) is 0 Å². The van der Waals surface area contributed by atoms with E-state index in [9.17, 15) is 18.0 Å². The molecule has 1 aliphatic rings. The summed E-state index contributed by atoms with van der Waals surface area (Å²) in [6.07, 6.45) is -1.58. The quantitative estimate of drug-likeness (QED) is 0.821. The Labute approximate surface area is 147 Å². The maximum absolute atomic E-state index is 12.8. The fourth-order valence-electron chi connectivity index (χ4n) is 2.77.